The van der Waals surface area contributed by atoms with Crippen molar-refractivity contribution in [3.63, 3.8) is 0 Å². The number of thiazole rings is 1. The molecule has 4 rings (SSSR count). The smallest absolute Gasteiger partial charge is 0.260 e. The minimum absolute atomic E-state index is 0.00259. The second-order valence-electron chi connectivity index (χ2n) is 5.07. The molecule has 6 heteroatoms. The zero-order valence-corrected chi connectivity index (χ0v) is 12.7. The van der Waals surface area contributed by atoms with Gasteiger partial charge in [-0.05, 0) is 38.2 Å². The lowest BCUT2D eigenvalue weighted by Gasteiger charge is -2.09. The monoisotopic (exact) mass is 303 g/mol. The molecule has 0 saturated heterocycles. The van der Waals surface area contributed by atoms with Crippen molar-refractivity contribution in [1.82, 2.24) is 15.0 Å². The van der Waals surface area contributed by atoms with Gasteiger partial charge in [0.15, 0.2) is 5.82 Å². The van der Waals surface area contributed by atoms with Crippen LogP contribution < -0.4 is 5.56 Å². The zero-order valence-electron chi connectivity index (χ0n) is 11.0. The maximum Gasteiger partial charge on any atom is 0.260 e. The first kappa shape index (κ1) is 12.2. The highest BCUT2D eigenvalue weighted by Gasteiger charge is 2.20. The molecule has 1 aliphatic rings. The quantitative estimate of drug-likeness (QED) is 0.750. The van der Waals surface area contributed by atoms with Crippen LogP contribution in [0.1, 0.15) is 29.0 Å². The highest BCUT2D eigenvalue weighted by atomic mass is 32.1. The molecule has 0 amide bonds. The summed E-state index contributed by atoms with van der Waals surface area (Å²) in [5, 5.41) is 0.815. The Balaban J connectivity index is 2.00. The van der Waals surface area contributed by atoms with E-state index in [1.807, 2.05) is 6.92 Å². The molecule has 1 aliphatic carbocycles. The molecule has 0 spiro atoms. The molecule has 20 heavy (non-hydrogen) atoms. The Kier molecular flexibility index (Phi) is 2.75. The number of hydrogen-bond donors (Lipinski definition) is 1. The standard InChI is InChI=1S/C14H13N3OS2/c1-7-11(19-6-15-7)12-16-13(18)10-8-4-2-3-5-9(8)20-14(10)17-12/h6H,2-5H2,1H3,(H,16,17,18). The number of nitrogens with one attached hydrogen (secondary N) is 1. The lowest BCUT2D eigenvalue weighted by atomic mass is 9.97. The Bertz CT molecular complexity index is 859. The van der Waals surface area contributed by atoms with Gasteiger partial charge in [-0.1, -0.05) is 0 Å². The Morgan fingerprint density at radius 1 is 1.30 bits per heavy atom. The molecule has 0 unspecified atom stereocenters. The molecule has 0 aliphatic heterocycles. The summed E-state index contributed by atoms with van der Waals surface area (Å²) in [7, 11) is 0. The zero-order chi connectivity index (χ0) is 13.7. The van der Waals surface area contributed by atoms with Crippen molar-refractivity contribution in [3.05, 3.63) is 32.0 Å². The lowest BCUT2D eigenvalue weighted by molar-refractivity contribution is 0.700. The van der Waals surface area contributed by atoms with Crippen LogP contribution in [0.25, 0.3) is 20.9 Å². The van der Waals surface area contributed by atoms with Crippen LogP contribution in [0.3, 0.4) is 0 Å². The second-order valence-corrected chi connectivity index (χ2v) is 7.01. The van der Waals surface area contributed by atoms with Gasteiger partial charge in [-0.2, -0.15) is 0 Å². The molecule has 3 aromatic rings. The van der Waals surface area contributed by atoms with E-state index < -0.39 is 0 Å². The molecule has 3 aromatic heterocycles. The van der Waals surface area contributed by atoms with Gasteiger partial charge in [0.1, 0.15) is 4.83 Å². The number of aromatic nitrogens is 3. The van der Waals surface area contributed by atoms with Crippen molar-refractivity contribution in [1.29, 1.82) is 0 Å². The summed E-state index contributed by atoms with van der Waals surface area (Å²) >= 11 is 3.20. The topological polar surface area (TPSA) is 58.6 Å². The van der Waals surface area contributed by atoms with E-state index in [0.29, 0.717) is 5.82 Å². The van der Waals surface area contributed by atoms with Crippen LogP contribution in [0.15, 0.2) is 10.3 Å². The fourth-order valence-electron chi connectivity index (χ4n) is 2.80. The van der Waals surface area contributed by atoms with E-state index in [1.165, 1.54) is 34.6 Å². The summed E-state index contributed by atoms with van der Waals surface area (Å²) < 4.78 is 0. The molecule has 0 fully saturated rings. The molecule has 4 nitrogen and oxygen atoms in total. The molecule has 0 aromatic carbocycles. The van der Waals surface area contributed by atoms with Gasteiger partial charge in [0, 0.05) is 4.88 Å². The maximum absolute atomic E-state index is 12.4. The van der Waals surface area contributed by atoms with E-state index in [1.54, 1.807) is 16.8 Å². The average Bonchev–Trinajstić information content (AvgIpc) is 3.01. The Hall–Kier alpha value is -1.53. The Morgan fingerprint density at radius 3 is 2.95 bits per heavy atom. The summed E-state index contributed by atoms with van der Waals surface area (Å²) in [5.41, 5.74) is 3.93. The molecule has 0 bridgehead atoms. The first-order valence-electron chi connectivity index (χ1n) is 6.69. The van der Waals surface area contributed by atoms with Gasteiger partial charge in [-0.15, -0.1) is 22.7 Å². The van der Waals surface area contributed by atoms with Gasteiger partial charge in [0.2, 0.25) is 0 Å². The molecule has 102 valence electrons. The van der Waals surface area contributed by atoms with E-state index in [2.05, 4.69) is 15.0 Å². The van der Waals surface area contributed by atoms with Crippen molar-refractivity contribution in [2.45, 2.75) is 32.6 Å². The number of aryl methyl sites for hydroxylation is 3. The predicted octanol–water partition coefficient (Wildman–Crippen LogP) is 3.30. The summed E-state index contributed by atoms with van der Waals surface area (Å²) in [6.07, 6.45) is 4.50. The van der Waals surface area contributed by atoms with E-state index in [9.17, 15) is 4.79 Å². The van der Waals surface area contributed by atoms with Crippen molar-refractivity contribution in [2.75, 3.05) is 0 Å². The number of H-pyrrole nitrogens is 1. The normalized spacial score (nSPS) is 14.7. The minimum Gasteiger partial charge on any atom is -0.305 e. The number of nitrogens with zero attached hydrogens (tertiary/aromatic N) is 2. The minimum atomic E-state index is -0.00259. The van der Waals surface area contributed by atoms with Gasteiger partial charge >= 0.3 is 0 Å². The Morgan fingerprint density at radius 2 is 2.15 bits per heavy atom. The third-order valence-electron chi connectivity index (χ3n) is 3.79. The average molecular weight is 303 g/mol. The first-order chi connectivity index (χ1) is 9.74. The van der Waals surface area contributed by atoms with Crippen LogP contribution in [0.4, 0.5) is 0 Å². The SMILES string of the molecule is Cc1ncsc1-c1nc2sc3c(c2c(=O)[nH]1)CCCC3. The van der Waals surface area contributed by atoms with Gasteiger partial charge < -0.3 is 4.98 Å². The predicted molar refractivity (Wildman–Crippen MR) is 82.7 cm³/mol. The molecular weight excluding hydrogens is 290 g/mol. The van der Waals surface area contributed by atoms with Crippen LogP contribution in [-0.4, -0.2) is 15.0 Å². The van der Waals surface area contributed by atoms with Gasteiger partial charge in [0.25, 0.3) is 5.56 Å². The molecular formula is C14H13N3OS2. The number of aromatic amines is 1. The van der Waals surface area contributed by atoms with E-state index in [4.69, 9.17) is 0 Å². The number of hydrogen-bond acceptors (Lipinski definition) is 5. The molecule has 0 saturated carbocycles. The van der Waals surface area contributed by atoms with E-state index >= 15 is 0 Å². The van der Waals surface area contributed by atoms with Crippen LogP contribution in [-0.2, 0) is 12.8 Å². The molecule has 1 N–H and O–H groups in total. The molecule has 0 atom stereocenters. The summed E-state index contributed by atoms with van der Waals surface area (Å²) in [5.74, 6) is 0.654. The van der Waals surface area contributed by atoms with E-state index in [0.717, 1.165) is 33.6 Å². The lowest BCUT2D eigenvalue weighted by Crippen LogP contribution is -2.11. The molecule has 3 heterocycles. The van der Waals surface area contributed by atoms with E-state index in [-0.39, 0.29) is 5.56 Å². The number of fused-ring (bicyclic) bond motifs is 3. The summed E-state index contributed by atoms with van der Waals surface area (Å²) in [6, 6.07) is 0. The fourth-order valence-corrected chi connectivity index (χ4v) is 4.81. The number of rotatable bonds is 1. The van der Waals surface area contributed by atoms with Gasteiger partial charge in [-0.25, -0.2) is 9.97 Å². The largest absolute Gasteiger partial charge is 0.305 e. The van der Waals surface area contributed by atoms with Crippen molar-refractivity contribution >= 4 is 32.9 Å². The van der Waals surface area contributed by atoms with Crippen molar-refractivity contribution in [2.24, 2.45) is 0 Å². The van der Waals surface area contributed by atoms with Crippen molar-refractivity contribution in [3.8, 4) is 10.7 Å². The van der Waals surface area contributed by atoms with Crippen LogP contribution in [0.5, 0.6) is 0 Å². The van der Waals surface area contributed by atoms with Crippen LogP contribution >= 0.6 is 22.7 Å². The third-order valence-corrected chi connectivity index (χ3v) is 5.91. The highest BCUT2D eigenvalue weighted by Crippen LogP contribution is 2.34. The Labute approximate surface area is 123 Å². The van der Waals surface area contributed by atoms with Gasteiger partial charge in [0.05, 0.1) is 21.5 Å². The second kappa shape index (κ2) is 4.49. The fraction of sp³-hybridized carbons (Fsp3) is 0.357. The van der Waals surface area contributed by atoms with Crippen LogP contribution in [0.2, 0.25) is 0 Å². The van der Waals surface area contributed by atoms with Crippen molar-refractivity contribution < 1.29 is 0 Å². The maximum atomic E-state index is 12.4. The van der Waals surface area contributed by atoms with Gasteiger partial charge in [-0.3, -0.25) is 4.79 Å². The number of thiophene rings is 1. The first-order valence-corrected chi connectivity index (χ1v) is 8.38. The summed E-state index contributed by atoms with van der Waals surface area (Å²) in [6.45, 7) is 1.94. The summed E-state index contributed by atoms with van der Waals surface area (Å²) in [4.78, 5) is 27.5. The van der Waals surface area contributed by atoms with Crippen LogP contribution in [0, 0.1) is 6.92 Å². The highest BCUT2D eigenvalue weighted by molar-refractivity contribution is 7.19. The molecule has 0 radical (unpaired) electrons. The third kappa shape index (κ3) is 1.75.